The van der Waals surface area contributed by atoms with Crippen LogP contribution in [-0.2, 0) is 21.4 Å². The number of sulfonamides is 1. The maximum atomic E-state index is 14.3. The predicted molar refractivity (Wildman–Crippen MR) is 94.6 cm³/mol. The molecule has 1 aliphatic heterocycles. The van der Waals surface area contributed by atoms with Crippen LogP contribution in [-0.4, -0.2) is 47.0 Å². The molecule has 2 aromatic rings. The van der Waals surface area contributed by atoms with Crippen molar-refractivity contribution in [2.24, 2.45) is 0 Å². The third kappa shape index (κ3) is 4.10. The minimum atomic E-state index is -3.44. The van der Waals surface area contributed by atoms with Gasteiger partial charge in [-0.15, -0.1) is 0 Å². The first kappa shape index (κ1) is 18.5. The van der Waals surface area contributed by atoms with Crippen molar-refractivity contribution in [3.05, 3.63) is 48.3 Å². The molecule has 1 aliphatic rings. The van der Waals surface area contributed by atoms with E-state index in [1.54, 1.807) is 29.1 Å². The van der Waals surface area contributed by atoms with Crippen LogP contribution in [0.3, 0.4) is 0 Å². The van der Waals surface area contributed by atoms with Crippen LogP contribution in [0.15, 0.2) is 36.9 Å². The molecule has 0 aliphatic carbocycles. The number of imidazole rings is 1. The summed E-state index contributed by atoms with van der Waals surface area (Å²) < 4.78 is 40.8. The number of carbonyl (C=O) groups excluding carboxylic acids is 1. The largest absolute Gasteiger partial charge is 0.351 e. The van der Waals surface area contributed by atoms with Gasteiger partial charge in [-0.2, -0.15) is 4.31 Å². The van der Waals surface area contributed by atoms with Gasteiger partial charge in [0.1, 0.15) is 11.9 Å². The summed E-state index contributed by atoms with van der Waals surface area (Å²) in [5.74, 6) is -0.778. The Balaban J connectivity index is 1.66. The molecule has 2 heterocycles. The molecule has 0 spiro atoms. The molecule has 0 bridgehead atoms. The lowest BCUT2D eigenvalue weighted by Gasteiger charge is -2.32. The van der Waals surface area contributed by atoms with Crippen molar-refractivity contribution in [2.45, 2.75) is 31.8 Å². The van der Waals surface area contributed by atoms with Crippen molar-refractivity contribution in [1.29, 1.82) is 0 Å². The van der Waals surface area contributed by atoms with E-state index >= 15 is 0 Å². The third-order valence-corrected chi connectivity index (χ3v) is 5.73. The summed E-state index contributed by atoms with van der Waals surface area (Å²) in [6.45, 7) is 0.485. The van der Waals surface area contributed by atoms with E-state index in [9.17, 15) is 17.6 Å². The van der Waals surface area contributed by atoms with Gasteiger partial charge >= 0.3 is 0 Å². The lowest BCUT2D eigenvalue weighted by molar-refractivity contribution is -0.125. The molecule has 9 heteroatoms. The van der Waals surface area contributed by atoms with E-state index in [1.807, 2.05) is 0 Å². The second-order valence-electron chi connectivity index (χ2n) is 6.36. The van der Waals surface area contributed by atoms with Gasteiger partial charge in [0.25, 0.3) is 0 Å². The summed E-state index contributed by atoms with van der Waals surface area (Å²) in [6.07, 6.45) is 7.86. The zero-order chi connectivity index (χ0) is 18.7. The first-order valence-corrected chi connectivity index (χ1v) is 10.2. The van der Waals surface area contributed by atoms with Gasteiger partial charge in [0, 0.05) is 25.5 Å². The number of amides is 1. The second-order valence-corrected chi connectivity index (χ2v) is 8.29. The second kappa shape index (κ2) is 7.55. The van der Waals surface area contributed by atoms with E-state index in [2.05, 4.69) is 10.3 Å². The predicted octanol–water partition coefficient (Wildman–Crippen LogP) is 1.44. The summed E-state index contributed by atoms with van der Waals surface area (Å²) in [4.78, 5) is 16.3. The van der Waals surface area contributed by atoms with Crippen LogP contribution in [0.1, 0.15) is 24.8 Å². The summed E-state index contributed by atoms with van der Waals surface area (Å²) in [5, 5.41) is 2.72. The maximum absolute atomic E-state index is 14.3. The number of nitrogens with one attached hydrogen (secondary N) is 1. The molecule has 1 atom stereocenters. The zero-order valence-corrected chi connectivity index (χ0v) is 15.2. The van der Waals surface area contributed by atoms with Crippen LogP contribution in [0.5, 0.6) is 0 Å². The highest BCUT2D eigenvalue weighted by atomic mass is 32.2. The van der Waals surface area contributed by atoms with Crippen LogP contribution >= 0.6 is 0 Å². The van der Waals surface area contributed by atoms with Crippen molar-refractivity contribution in [1.82, 2.24) is 19.2 Å². The molecule has 0 radical (unpaired) electrons. The number of nitrogens with zero attached hydrogens (tertiary/aromatic N) is 3. The maximum Gasteiger partial charge on any atom is 0.238 e. The van der Waals surface area contributed by atoms with Crippen molar-refractivity contribution >= 4 is 15.9 Å². The molecule has 140 valence electrons. The van der Waals surface area contributed by atoms with Crippen LogP contribution in [0, 0.1) is 5.82 Å². The number of carbonyl (C=O) groups is 1. The Bertz CT molecular complexity index is 883. The Hall–Kier alpha value is -2.26. The van der Waals surface area contributed by atoms with Gasteiger partial charge in [-0.3, -0.25) is 4.79 Å². The number of rotatable bonds is 5. The lowest BCUT2D eigenvalue weighted by atomic mass is 10.0. The molecule has 26 heavy (non-hydrogen) atoms. The number of hydrogen-bond acceptors (Lipinski definition) is 4. The first-order chi connectivity index (χ1) is 12.4. The number of aromatic nitrogens is 2. The van der Waals surface area contributed by atoms with Crippen LogP contribution < -0.4 is 5.32 Å². The van der Waals surface area contributed by atoms with Gasteiger partial charge in [-0.05, 0) is 30.5 Å². The number of benzene rings is 1. The molecule has 7 nitrogen and oxygen atoms in total. The van der Waals surface area contributed by atoms with Gasteiger partial charge in [0.2, 0.25) is 15.9 Å². The quantitative estimate of drug-likeness (QED) is 0.851. The molecular formula is C17H21FN4O3S. The highest BCUT2D eigenvalue weighted by molar-refractivity contribution is 7.88. The number of hydrogen-bond donors (Lipinski definition) is 1. The molecule has 3 rings (SSSR count). The van der Waals surface area contributed by atoms with E-state index in [0.29, 0.717) is 24.2 Å². The standard InChI is InChI=1S/C17H21FN4O3S/c1-26(24,25)22-8-3-2-4-16(22)17(23)20-11-13-5-6-15(14(18)10-13)21-9-7-19-12-21/h5-7,9-10,12,16H,2-4,8,11H2,1H3,(H,20,23). The van der Waals surface area contributed by atoms with E-state index in [1.165, 1.54) is 16.7 Å². The average Bonchev–Trinajstić information content (AvgIpc) is 3.13. The van der Waals surface area contributed by atoms with Crippen molar-refractivity contribution in [2.75, 3.05) is 12.8 Å². The fourth-order valence-electron chi connectivity index (χ4n) is 3.14. The molecule has 1 aromatic carbocycles. The summed E-state index contributed by atoms with van der Waals surface area (Å²) in [6, 6.07) is 3.98. The van der Waals surface area contributed by atoms with Crippen molar-refractivity contribution < 1.29 is 17.6 Å². The van der Waals surface area contributed by atoms with Gasteiger partial charge in [-0.1, -0.05) is 12.5 Å². The molecule has 1 unspecified atom stereocenters. The van der Waals surface area contributed by atoms with E-state index < -0.39 is 21.9 Å². The van der Waals surface area contributed by atoms with Crippen LogP contribution in [0.2, 0.25) is 0 Å². The number of piperidine rings is 1. The smallest absolute Gasteiger partial charge is 0.238 e. The van der Waals surface area contributed by atoms with Crippen LogP contribution in [0.4, 0.5) is 4.39 Å². The Morgan fingerprint density at radius 1 is 1.38 bits per heavy atom. The fourth-order valence-corrected chi connectivity index (χ4v) is 4.27. The fraction of sp³-hybridized carbons (Fsp3) is 0.412. The summed E-state index contributed by atoms with van der Waals surface area (Å²) in [5.41, 5.74) is 0.967. The van der Waals surface area contributed by atoms with E-state index in [0.717, 1.165) is 19.1 Å². The SMILES string of the molecule is CS(=O)(=O)N1CCCCC1C(=O)NCc1ccc(-n2ccnc2)c(F)c1. The van der Waals surface area contributed by atoms with Crippen molar-refractivity contribution in [3.8, 4) is 5.69 Å². The topological polar surface area (TPSA) is 84.3 Å². The molecule has 1 saturated heterocycles. The first-order valence-electron chi connectivity index (χ1n) is 8.37. The van der Waals surface area contributed by atoms with E-state index in [-0.39, 0.29) is 12.5 Å². The molecular weight excluding hydrogens is 359 g/mol. The zero-order valence-electron chi connectivity index (χ0n) is 14.4. The number of halogens is 1. The molecule has 1 amide bonds. The minimum absolute atomic E-state index is 0.133. The normalized spacial score (nSPS) is 18.6. The van der Waals surface area contributed by atoms with Crippen LogP contribution in [0.25, 0.3) is 5.69 Å². The monoisotopic (exact) mass is 380 g/mol. The highest BCUT2D eigenvalue weighted by Gasteiger charge is 2.34. The Morgan fingerprint density at radius 3 is 2.85 bits per heavy atom. The summed E-state index contributed by atoms with van der Waals surface area (Å²) in [7, 11) is -3.44. The van der Waals surface area contributed by atoms with Gasteiger partial charge in [-0.25, -0.2) is 17.8 Å². The highest BCUT2D eigenvalue weighted by Crippen LogP contribution is 2.20. The van der Waals surface area contributed by atoms with E-state index in [4.69, 9.17) is 0 Å². The Labute approximate surface area is 151 Å². The third-order valence-electron chi connectivity index (χ3n) is 4.44. The minimum Gasteiger partial charge on any atom is -0.351 e. The van der Waals surface area contributed by atoms with Crippen molar-refractivity contribution in [3.63, 3.8) is 0 Å². The van der Waals surface area contributed by atoms with Gasteiger partial charge in [0.05, 0.1) is 18.3 Å². The lowest BCUT2D eigenvalue weighted by Crippen LogP contribution is -2.51. The Kier molecular flexibility index (Phi) is 5.38. The van der Waals surface area contributed by atoms with Gasteiger partial charge < -0.3 is 9.88 Å². The molecule has 0 saturated carbocycles. The average molecular weight is 380 g/mol. The molecule has 1 N–H and O–H groups in total. The molecule has 1 fully saturated rings. The Morgan fingerprint density at radius 2 is 2.19 bits per heavy atom. The summed E-state index contributed by atoms with van der Waals surface area (Å²) >= 11 is 0. The molecule has 1 aromatic heterocycles. The van der Waals surface area contributed by atoms with Gasteiger partial charge in [0.15, 0.2) is 0 Å².